The predicted octanol–water partition coefficient (Wildman–Crippen LogP) is 2.31. The van der Waals surface area contributed by atoms with Gasteiger partial charge in [0.25, 0.3) is 0 Å². The van der Waals surface area contributed by atoms with Crippen molar-refractivity contribution in [3.63, 3.8) is 0 Å². The van der Waals surface area contributed by atoms with E-state index in [4.69, 9.17) is 5.11 Å². The van der Waals surface area contributed by atoms with Crippen LogP contribution in [0.3, 0.4) is 0 Å². The fraction of sp³-hybridized carbons (Fsp3) is 0.0909. The van der Waals surface area contributed by atoms with Crippen molar-refractivity contribution in [2.24, 2.45) is 0 Å². The highest BCUT2D eigenvalue weighted by Crippen LogP contribution is 2.18. The molecule has 0 saturated carbocycles. The Bertz CT molecular complexity index is 553. The van der Waals surface area contributed by atoms with Gasteiger partial charge in [0.1, 0.15) is 5.69 Å². The van der Waals surface area contributed by atoms with Crippen LogP contribution in [-0.4, -0.2) is 21.8 Å². The number of hydrogen-bond acceptors (Lipinski definition) is 3. The lowest BCUT2D eigenvalue weighted by molar-refractivity contribution is 0.0691. The van der Waals surface area contributed by atoms with E-state index in [0.29, 0.717) is 11.1 Å². The van der Waals surface area contributed by atoms with Crippen LogP contribution < -0.4 is 0 Å². The van der Waals surface area contributed by atoms with E-state index >= 15 is 0 Å². The second kappa shape index (κ2) is 3.94. The molecule has 82 valence electrons. The number of rotatable bonds is 3. The highest BCUT2D eigenvalue weighted by molar-refractivity contribution is 7.08. The fourth-order valence-electron chi connectivity index (χ4n) is 1.40. The Kier molecular flexibility index (Phi) is 2.62. The number of carboxylic acid groups (broad SMARTS) is 1. The molecule has 4 nitrogen and oxygen atoms in total. The summed E-state index contributed by atoms with van der Waals surface area (Å²) in [5, 5.41) is 12.4. The Labute approximate surface area is 95.6 Å². The van der Waals surface area contributed by atoms with Gasteiger partial charge in [0.15, 0.2) is 5.78 Å². The van der Waals surface area contributed by atoms with Gasteiger partial charge in [-0.2, -0.15) is 11.3 Å². The number of nitrogens with one attached hydrogen (secondary N) is 1. The molecule has 0 bridgehead atoms. The van der Waals surface area contributed by atoms with Gasteiger partial charge in [0, 0.05) is 22.7 Å². The first-order valence-electron chi connectivity index (χ1n) is 4.59. The lowest BCUT2D eigenvalue weighted by Gasteiger charge is -1.95. The van der Waals surface area contributed by atoms with Gasteiger partial charge < -0.3 is 10.1 Å². The van der Waals surface area contributed by atoms with Crippen molar-refractivity contribution in [1.82, 2.24) is 4.98 Å². The highest BCUT2D eigenvalue weighted by atomic mass is 32.1. The summed E-state index contributed by atoms with van der Waals surface area (Å²) in [5.74, 6) is -1.22. The number of carbonyl (C=O) groups is 2. The fourth-order valence-corrected chi connectivity index (χ4v) is 2.23. The van der Waals surface area contributed by atoms with Crippen LogP contribution in [0.2, 0.25) is 0 Å². The summed E-state index contributed by atoms with van der Waals surface area (Å²) in [4.78, 5) is 25.2. The van der Waals surface area contributed by atoms with Crippen molar-refractivity contribution in [2.45, 2.75) is 6.92 Å². The third-order valence-corrected chi connectivity index (χ3v) is 3.14. The zero-order valence-electron chi connectivity index (χ0n) is 8.48. The third kappa shape index (κ3) is 1.77. The molecule has 2 N–H and O–H groups in total. The molecule has 2 rings (SSSR count). The minimum atomic E-state index is -1.07. The van der Waals surface area contributed by atoms with Crippen LogP contribution in [0.25, 0.3) is 0 Å². The molecule has 0 aliphatic heterocycles. The number of aryl methyl sites for hydroxylation is 1. The topological polar surface area (TPSA) is 70.2 Å². The average molecular weight is 235 g/mol. The molecule has 5 heteroatoms. The number of aromatic carboxylic acids is 1. The largest absolute Gasteiger partial charge is 0.477 e. The number of aromatic nitrogens is 1. The van der Waals surface area contributed by atoms with Crippen LogP contribution in [0, 0.1) is 6.92 Å². The molecule has 0 atom stereocenters. The summed E-state index contributed by atoms with van der Waals surface area (Å²) in [6.07, 6.45) is 1.42. The van der Waals surface area contributed by atoms with Crippen LogP contribution in [0.1, 0.15) is 32.0 Å². The maximum atomic E-state index is 12.0. The van der Waals surface area contributed by atoms with Crippen molar-refractivity contribution in [2.75, 3.05) is 0 Å². The smallest absolute Gasteiger partial charge is 0.352 e. The van der Waals surface area contributed by atoms with Crippen molar-refractivity contribution < 1.29 is 14.7 Å². The SMILES string of the molecule is Cc1cscc1C(=O)c1c[nH]c(C(=O)O)c1. The maximum absolute atomic E-state index is 12.0. The summed E-state index contributed by atoms with van der Waals surface area (Å²) in [6.45, 7) is 1.86. The molecule has 0 unspecified atom stereocenters. The number of ketones is 1. The van der Waals surface area contributed by atoms with Crippen LogP contribution in [0.4, 0.5) is 0 Å². The zero-order chi connectivity index (χ0) is 11.7. The first kappa shape index (κ1) is 10.6. The molecule has 16 heavy (non-hydrogen) atoms. The summed E-state index contributed by atoms with van der Waals surface area (Å²) < 4.78 is 0. The van der Waals surface area contributed by atoms with Gasteiger partial charge in [-0.3, -0.25) is 4.79 Å². The quantitative estimate of drug-likeness (QED) is 0.802. The van der Waals surface area contributed by atoms with Gasteiger partial charge in [-0.25, -0.2) is 4.79 Å². The van der Waals surface area contributed by atoms with E-state index in [1.54, 1.807) is 5.38 Å². The van der Waals surface area contributed by atoms with E-state index in [2.05, 4.69) is 4.98 Å². The first-order chi connectivity index (χ1) is 7.59. The minimum absolute atomic E-state index is 0.0243. The number of carbonyl (C=O) groups excluding carboxylic acids is 1. The molecular weight excluding hydrogens is 226 g/mol. The number of thiophene rings is 1. The molecular formula is C11H9NO3S. The molecule has 0 aliphatic rings. The van der Waals surface area contributed by atoms with E-state index in [9.17, 15) is 9.59 Å². The lowest BCUT2D eigenvalue weighted by Crippen LogP contribution is -2.00. The van der Waals surface area contributed by atoms with E-state index < -0.39 is 5.97 Å². The molecule has 0 saturated heterocycles. The van der Waals surface area contributed by atoms with Gasteiger partial charge in [0.05, 0.1) is 0 Å². The highest BCUT2D eigenvalue weighted by Gasteiger charge is 2.15. The lowest BCUT2D eigenvalue weighted by atomic mass is 10.1. The molecule has 2 aromatic rings. The third-order valence-electron chi connectivity index (χ3n) is 2.28. The normalized spacial score (nSPS) is 10.3. The second-order valence-corrected chi connectivity index (χ2v) is 4.15. The number of carboxylic acids is 1. The summed E-state index contributed by atoms with van der Waals surface area (Å²) in [5.41, 5.74) is 1.93. The Morgan fingerprint density at radius 3 is 2.62 bits per heavy atom. The molecule has 0 fully saturated rings. The predicted molar refractivity (Wildman–Crippen MR) is 60.2 cm³/mol. The van der Waals surface area contributed by atoms with Crippen molar-refractivity contribution >= 4 is 23.1 Å². The second-order valence-electron chi connectivity index (χ2n) is 3.40. The molecule has 0 radical (unpaired) electrons. The summed E-state index contributed by atoms with van der Waals surface area (Å²) in [6, 6.07) is 1.35. The Morgan fingerprint density at radius 2 is 2.12 bits per heavy atom. The van der Waals surface area contributed by atoms with Crippen molar-refractivity contribution in [3.05, 3.63) is 45.4 Å². The number of aromatic amines is 1. The molecule has 0 aliphatic carbocycles. The van der Waals surface area contributed by atoms with Crippen molar-refractivity contribution in [1.29, 1.82) is 0 Å². The van der Waals surface area contributed by atoms with Gasteiger partial charge >= 0.3 is 5.97 Å². The van der Waals surface area contributed by atoms with Gasteiger partial charge in [-0.05, 0) is 23.9 Å². The number of hydrogen-bond donors (Lipinski definition) is 2. The number of H-pyrrole nitrogens is 1. The van der Waals surface area contributed by atoms with Gasteiger partial charge in [0.2, 0.25) is 0 Å². The van der Waals surface area contributed by atoms with E-state index in [1.165, 1.54) is 23.6 Å². The standard InChI is InChI=1S/C11H9NO3S/c1-6-4-16-5-8(6)10(13)7-2-9(11(14)15)12-3-7/h2-5,12H,1H3,(H,14,15). The van der Waals surface area contributed by atoms with E-state index in [-0.39, 0.29) is 11.5 Å². The Balaban J connectivity index is 2.35. The Hall–Kier alpha value is -1.88. The van der Waals surface area contributed by atoms with Crippen LogP contribution >= 0.6 is 11.3 Å². The van der Waals surface area contributed by atoms with Crippen LogP contribution in [0.5, 0.6) is 0 Å². The molecule has 2 heterocycles. The average Bonchev–Trinajstić information content (AvgIpc) is 2.84. The maximum Gasteiger partial charge on any atom is 0.352 e. The minimum Gasteiger partial charge on any atom is -0.477 e. The molecule has 0 aromatic carbocycles. The van der Waals surface area contributed by atoms with Crippen molar-refractivity contribution in [3.8, 4) is 0 Å². The molecule has 0 spiro atoms. The van der Waals surface area contributed by atoms with Gasteiger partial charge in [-0.15, -0.1) is 0 Å². The van der Waals surface area contributed by atoms with E-state index in [0.717, 1.165) is 5.56 Å². The van der Waals surface area contributed by atoms with Crippen LogP contribution in [-0.2, 0) is 0 Å². The molecule has 2 aromatic heterocycles. The molecule has 0 amide bonds. The monoisotopic (exact) mass is 235 g/mol. The Morgan fingerprint density at radius 1 is 1.38 bits per heavy atom. The van der Waals surface area contributed by atoms with E-state index in [1.807, 2.05) is 12.3 Å². The zero-order valence-corrected chi connectivity index (χ0v) is 9.30. The summed E-state index contributed by atoms with van der Waals surface area (Å²) >= 11 is 1.45. The van der Waals surface area contributed by atoms with Crippen LogP contribution in [0.15, 0.2) is 23.0 Å². The summed E-state index contributed by atoms with van der Waals surface area (Å²) in [7, 11) is 0. The van der Waals surface area contributed by atoms with Gasteiger partial charge in [-0.1, -0.05) is 0 Å². The first-order valence-corrected chi connectivity index (χ1v) is 5.53.